The standard InChI is InChI=1S/C17H33N/c1-13(2)8-6-7-11-18-15-16(3,4)14-9-10-17(15,5)12-14/h13-15,18H,6-12H2,1-5H3/t14-,15?,17+/m0/s1. The minimum atomic E-state index is 0.519. The van der Waals surface area contributed by atoms with E-state index in [4.69, 9.17) is 0 Å². The van der Waals surface area contributed by atoms with Crippen molar-refractivity contribution < 1.29 is 0 Å². The molecule has 1 unspecified atom stereocenters. The van der Waals surface area contributed by atoms with Crippen molar-refractivity contribution in [2.45, 2.75) is 79.2 Å². The Labute approximate surface area is 114 Å². The summed E-state index contributed by atoms with van der Waals surface area (Å²) in [6.45, 7) is 13.4. The first-order chi connectivity index (χ1) is 8.36. The van der Waals surface area contributed by atoms with E-state index in [-0.39, 0.29) is 0 Å². The molecule has 0 amide bonds. The number of fused-ring (bicyclic) bond motifs is 2. The van der Waals surface area contributed by atoms with Crippen LogP contribution >= 0.6 is 0 Å². The van der Waals surface area contributed by atoms with Crippen molar-refractivity contribution in [1.82, 2.24) is 5.32 Å². The van der Waals surface area contributed by atoms with Gasteiger partial charge in [0.1, 0.15) is 0 Å². The topological polar surface area (TPSA) is 12.0 Å². The molecular formula is C17H33N. The summed E-state index contributed by atoms with van der Waals surface area (Å²) in [5.41, 5.74) is 1.11. The van der Waals surface area contributed by atoms with Gasteiger partial charge >= 0.3 is 0 Å². The number of unbranched alkanes of at least 4 members (excludes halogenated alkanes) is 1. The fourth-order valence-corrected chi connectivity index (χ4v) is 4.74. The van der Waals surface area contributed by atoms with Crippen molar-refractivity contribution in [1.29, 1.82) is 0 Å². The molecule has 2 bridgehead atoms. The second kappa shape index (κ2) is 5.15. The quantitative estimate of drug-likeness (QED) is 0.679. The summed E-state index contributed by atoms with van der Waals surface area (Å²) in [7, 11) is 0. The summed E-state index contributed by atoms with van der Waals surface area (Å²) in [5.74, 6) is 1.83. The van der Waals surface area contributed by atoms with Gasteiger partial charge in [-0.2, -0.15) is 0 Å². The molecule has 18 heavy (non-hydrogen) atoms. The highest BCUT2D eigenvalue weighted by atomic mass is 15.0. The Balaban J connectivity index is 1.78. The predicted octanol–water partition coefficient (Wildman–Crippen LogP) is 4.62. The van der Waals surface area contributed by atoms with E-state index >= 15 is 0 Å². The van der Waals surface area contributed by atoms with Gasteiger partial charge in [-0.05, 0) is 54.9 Å². The third-order valence-corrected chi connectivity index (χ3v) is 5.83. The van der Waals surface area contributed by atoms with Crippen LogP contribution in [-0.2, 0) is 0 Å². The minimum Gasteiger partial charge on any atom is -0.313 e. The molecular weight excluding hydrogens is 218 g/mol. The maximum absolute atomic E-state index is 3.92. The second-order valence-electron chi connectivity index (χ2n) is 8.19. The zero-order valence-electron chi connectivity index (χ0n) is 13.2. The van der Waals surface area contributed by atoms with Crippen LogP contribution in [0.3, 0.4) is 0 Å². The van der Waals surface area contributed by atoms with E-state index in [1.165, 1.54) is 45.1 Å². The molecule has 2 rings (SSSR count). The molecule has 1 N–H and O–H groups in total. The average Bonchev–Trinajstić information content (AvgIpc) is 2.72. The Bertz CT molecular complexity index is 277. The summed E-state index contributed by atoms with van der Waals surface area (Å²) in [6, 6.07) is 0.753. The minimum absolute atomic E-state index is 0.519. The molecule has 2 saturated carbocycles. The van der Waals surface area contributed by atoms with E-state index in [0.717, 1.165) is 17.9 Å². The molecule has 0 radical (unpaired) electrons. The average molecular weight is 251 g/mol. The lowest BCUT2D eigenvalue weighted by molar-refractivity contribution is 0.109. The van der Waals surface area contributed by atoms with Crippen LogP contribution in [0.25, 0.3) is 0 Å². The van der Waals surface area contributed by atoms with Gasteiger partial charge in [0.2, 0.25) is 0 Å². The molecule has 1 nitrogen and oxygen atoms in total. The number of hydrogen-bond acceptors (Lipinski definition) is 1. The zero-order valence-corrected chi connectivity index (χ0v) is 13.2. The Morgan fingerprint density at radius 3 is 2.44 bits per heavy atom. The number of nitrogens with one attached hydrogen (secondary N) is 1. The lowest BCUT2D eigenvalue weighted by atomic mass is 9.68. The van der Waals surface area contributed by atoms with Gasteiger partial charge in [-0.15, -0.1) is 0 Å². The van der Waals surface area contributed by atoms with Crippen LogP contribution in [0.5, 0.6) is 0 Å². The third kappa shape index (κ3) is 2.61. The highest BCUT2D eigenvalue weighted by molar-refractivity contribution is 5.11. The van der Waals surface area contributed by atoms with Gasteiger partial charge in [0.25, 0.3) is 0 Å². The number of rotatable bonds is 6. The van der Waals surface area contributed by atoms with Crippen molar-refractivity contribution >= 4 is 0 Å². The van der Waals surface area contributed by atoms with E-state index in [1.807, 2.05) is 0 Å². The van der Waals surface area contributed by atoms with Crippen LogP contribution in [0.1, 0.15) is 73.1 Å². The molecule has 0 saturated heterocycles. The molecule has 0 aromatic carbocycles. The maximum atomic E-state index is 3.92. The van der Waals surface area contributed by atoms with E-state index in [2.05, 4.69) is 39.9 Å². The number of hydrogen-bond donors (Lipinski definition) is 1. The van der Waals surface area contributed by atoms with E-state index in [0.29, 0.717) is 10.8 Å². The fourth-order valence-electron chi connectivity index (χ4n) is 4.74. The molecule has 2 aliphatic rings. The molecule has 0 aromatic rings. The van der Waals surface area contributed by atoms with Gasteiger partial charge < -0.3 is 5.32 Å². The first-order valence-electron chi connectivity index (χ1n) is 8.09. The van der Waals surface area contributed by atoms with Crippen LogP contribution in [-0.4, -0.2) is 12.6 Å². The van der Waals surface area contributed by atoms with Crippen molar-refractivity contribution in [2.24, 2.45) is 22.7 Å². The molecule has 106 valence electrons. The zero-order chi connectivity index (χ0) is 13.4. The van der Waals surface area contributed by atoms with Crippen LogP contribution in [0.15, 0.2) is 0 Å². The van der Waals surface area contributed by atoms with Crippen molar-refractivity contribution in [3.05, 3.63) is 0 Å². The molecule has 0 aliphatic heterocycles. The smallest absolute Gasteiger partial charge is 0.0175 e. The third-order valence-electron chi connectivity index (χ3n) is 5.83. The summed E-state index contributed by atoms with van der Waals surface area (Å²) in [6.07, 6.45) is 8.50. The molecule has 1 heteroatoms. The van der Waals surface area contributed by atoms with Gasteiger partial charge in [-0.25, -0.2) is 0 Å². The highest BCUT2D eigenvalue weighted by Crippen LogP contribution is 2.62. The van der Waals surface area contributed by atoms with Gasteiger partial charge in [0, 0.05) is 6.04 Å². The molecule has 0 spiro atoms. The van der Waals surface area contributed by atoms with Crippen molar-refractivity contribution in [3.63, 3.8) is 0 Å². The molecule has 0 heterocycles. The van der Waals surface area contributed by atoms with Crippen LogP contribution in [0.4, 0.5) is 0 Å². The van der Waals surface area contributed by atoms with Crippen molar-refractivity contribution in [3.8, 4) is 0 Å². The van der Waals surface area contributed by atoms with Crippen LogP contribution in [0.2, 0.25) is 0 Å². The Kier molecular flexibility index (Phi) is 4.11. The lowest BCUT2D eigenvalue weighted by Crippen LogP contribution is -2.50. The normalized spacial score (nSPS) is 37.7. The first kappa shape index (κ1) is 14.4. The molecule has 2 aliphatic carbocycles. The fraction of sp³-hybridized carbons (Fsp3) is 1.00. The summed E-state index contributed by atoms with van der Waals surface area (Å²) in [4.78, 5) is 0. The van der Waals surface area contributed by atoms with Gasteiger partial charge in [-0.1, -0.05) is 47.5 Å². The molecule has 2 fully saturated rings. The van der Waals surface area contributed by atoms with Gasteiger partial charge in [0.15, 0.2) is 0 Å². The van der Waals surface area contributed by atoms with E-state index < -0.39 is 0 Å². The van der Waals surface area contributed by atoms with Crippen molar-refractivity contribution in [2.75, 3.05) is 6.54 Å². The van der Waals surface area contributed by atoms with Gasteiger partial charge in [-0.3, -0.25) is 0 Å². The SMILES string of the molecule is CC(C)CCCCNC1C(C)(C)[C@H]2CC[C@]1(C)C2. The van der Waals surface area contributed by atoms with Crippen LogP contribution in [0, 0.1) is 22.7 Å². The summed E-state index contributed by atoms with van der Waals surface area (Å²) < 4.78 is 0. The predicted molar refractivity (Wildman–Crippen MR) is 79.7 cm³/mol. The van der Waals surface area contributed by atoms with Crippen LogP contribution < -0.4 is 5.32 Å². The summed E-state index contributed by atoms with van der Waals surface area (Å²) in [5, 5.41) is 3.92. The first-order valence-corrected chi connectivity index (χ1v) is 8.09. The van der Waals surface area contributed by atoms with E-state index in [1.54, 1.807) is 0 Å². The maximum Gasteiger partial charge on any atom is 0.0175 e. The largest absolute Gasteiger partial charge is 0.313 e. The van der Waals surface area contributed by atoms with Gasteiger partial charge in [0.05, 0.1) is 0 Å². The lowest BCUT2D eigenvalue weighted by Gasteiger charge is -2.43. The Hall–Kier alpha value is -0.0400. The highest BCUT2D eigenvalue weighted by Gasteiger charge is 2.58. The Morgan fingerprint density at radius 2 is 1.89 bits per heavy atom. The summed E-state index contributed by atoms with van der Waals surface area (Å²) >= 11 is 0. The molecule has 3 atom stereocenters. The Morgan fingerprint density at radius 1 is 1.17 bits per heavy atom. The monoisotopic (exact) mass is 251 g/mol. The molecule has 0 aromatic heterocycles. The second-order valence-corrected chi connectivity index (χ2v) is 8.19. The van der Waals surface area contributed by atoms with E-state index in [9.17, 15) is 0 Å².